The maximum Gasteiger partial charge on any atom is 0.226 e. The molecule has 2 N–H and O–H groups in total. The van der Waals surface area contributed by atoms with E-state index in [1.807, 2.05) is 18.4 Å². The average molecular weight is 307 g/mol. The van der Waals surface area contributed by atoms with Crippen LogP contribution in [0.2, 0.25) is 0 Å². The lowest BCUT2D eigenvalue weighted by molar-refractivity contribution is -0.120. The standard InChI is InChI=1S/C15H18FN3OS/c1-2-17-6-7-18-14(20)9-13-10-21-15(19-13)11-4-3-5-12(16)8-11/h3-5,8,10,17H,2,6-7,9H2,1H3,(H,18,20). The van der Waals surface area contributed by atoms with Crippen LogP contribution in [0, 0.1) is 5.82 Å². The minimum atomic E-state index is -0.287. The number of hydrogen-bond donors (Lipinski definition) is 2. The molecule has 0 bridgehead atoms. The van der Waals surface area contributed by atoms with E-state index in [-0.39, 0.29) is 18.1 Å². The number of carbonyl (C=O) groups is 1. The summed E-state index contributed by atoms with van der Waals surface area (Å²) in [5.41, 5.74) is 1.44. The average Bonchev–Trinajstić information content (AvgIpc) is 2.92. The molecule has 0 aliphatic rings. The summed E-state index contributed by atoms with van der Waals surface area (Å²) in [6, 6.07) is 6.30. The van der Waals surface area contributed by atoms with Crippen molar-refractivity contribution in [2.45, 2.75) is 13.3 Å². The summed E-state index contributed by atoms with van der Waals surface area (Å²) >= 11 is 1.42. The Morgan fingerprint density at radius 2 is 2.24 bits per heavy atom. The van der Waals surface area contributed by atoms with Crippen LogP contribution in [0.1, 0.15) is 12.6 Å². The Morgan fingerprint density at radius 1 is 1.38 bits per heavy atom. The van der Waals surface area contributed by atoms with Crippen molar-refractivity contribution in [1.82, 2.24) is 15.6 Å². The van der Waals surface area contributed by atoms with Gasteiger partial charge in [0.25, 0.3) is 0 Å². The van der Waals surface area contributed by atoms with E-state index in [2.05, 4.69) is 15.6 Å². The number of amides is 1. The molecule has 0 spiro atoms. The van der Waals surface area contributed by atoms with Crippen molar-refractivity contribution >= 4 is 17.2 Å². The van der Waals surface area contributed by atoms with Gasteiger partial charge in [0.2, 0.25) is 5.91 Å². The van der Waals surface area contributed by atoms with Crippen molar-refractivity contribution in [2.75, 3.05) is 19.6 Å². The third-order valence-electron chi connectivity index (χ3n) is 2.84. The zero-order valence-electron chi connectivity index (χ0n) is 11.9. The van der Waals surface area contributed by atoms with Crippen LogP contribution in [0.4, 0.5) is 4.39 Å². The predicted octanol–water partition coefficient (Wildman–Crippen LogP) is 2.22. The van der Waals surface area contributed by atoms with Gasteiger partial charge >= 0.3 is 0 Å². The Balaban J connectivity index is 1.90. The van der Waals surface area contributed by atoms with Gasteiger partial charge in [-0.3, -0.25) is 4.79 Å². The Hall–Kier alpha value is -1.79. The summed E-state index contributed by atoms with van der Waals surface area (Å²) in [4.78, 5) is 16.1. The molecule has 0 aliphatic heterocycles. The summed E-state index contributed by atoms with van der Waals surface area (Å²) in [6.45, 7) is 4.27. The van der Waals surface area contributed by atoms with E-state index < -0.39 is 0 Å². The number of carbonyl (C=O) groups excluding carboxylic acids is 1. The number of thiazole rings is 1. The minimum absolute atomic E-state index is 0.0519. The third kappa shape index (κ3) is 4.91. The molecule has 2 aromatic rings. The van der Waals surface area contributed by atoms with Gasteiger partial charge in [-0.05, 0) is 18.7 Å². The largest absolute Gasteiger partial charge is 0.354 e. The number of nitrogens with zero attached hydrogens (tertiary/aromatic N) is 1. The molecule has 0 radical (unpaired) electrons. The molecular formula is C15H18FN3OS. The van der Waals surface area contributed by atoms with Crippen LogP contribution in [0.3, 0.4) is 0 Å². The summed E-state index contributed by atoms with van der Waals surface area (Å²) in [7, 11) is 0. The fourth-order valence-electron chi connectivity index (χ4n) is 1.84. The lowest BCUT2D eigenvalue weighted by Crippen LogP contribution is -2.32. The van der Waals surface area contributed by atoms with Crippen molar-refractivity contribution in [1.29, 1.82) is 0 Å². The molecule has 2 rings (SSSR count). The monoisotopic (exact) mass is 307 g/mol. The zero-order chi connectivity index (χ0) is 15.1. The lowest BCUT2D eigenvalue weighted by atomic mass is 10.2. The van der Waals surface area contributed by atoms with Crippen molar-refractivity contribution in [3.8, 4) is 10.6 Å². The molecule has 0 unspecified atom stereocenters. The van der Waals surface area contributed by atoms with E-state index in [1.165, 1.54) is 23.5 Å². The molecule has 0 saturated carbocycles. The van der Waals surface area contributed by atoms with E-state index in [0.717, 1.165) is 23.7 Å². The summed E-state index contributed by atoms with van der Waals surface area (Å²) in [5, 5.41) is 8.53. The summed E-state index contributed by atoms with van der Waals surface area (Å²) < 4.78 is 13.2. The lowest BCUT2D eigenvalue weighted by Gasteiger charge is -2.04. The smallest absolute Gasteiger partial charge is 0.226 e. The third-order valence-corrected chi connectivity index (χ3v) is 3.78. The zero-order valence-corrected chi connectivity index (χ0v) is 12.7. The van der Waals surface area contributed by atoms with Crippen LogP contribution in [-0.2, 0) is 11.2 Å². The molecule has 21 heavy (non-hydrogen) atoms. The highest BCUT2D eigenvalue weighted by Gasteiger charge is 2.09. The number of halogens is 1. The van der Waals surface area contributed by atoms with Crippen molar-refractivity contribution in [3.05, 3.63) is 41.2 Å². The Morgan fingerprint density at radius 3 is 3.00 bits per heavy atom. The van der Waals surface area contributed by atoms with Gasteiger partial charge in [0.05, 0.1) is 12.1 Å². The first-order chi connectivity index (χ1) is 10.2. The van der Waals surface area contributed by atoms with Crippen LogP contribution < -0.4 is 10.6 Å². The molecule has 0 atom stereocenters. The van der Waals surface area contributed by atoms with Crippen molar-refractivity contribution in [2.24, 2.45) is 0 Å². The fraction of sp³-hybridized carbons (Fsp3) is 0.333. The number of benzene rings is 1. The second kappa shape index (κ2) is 7.85. The molecule has 6 heteroatoms. The first-order valence-electron chi connectivity index (χ1n) is 6.87. The maximum absolute atomic E-state index is 13.2. The fourth-order valence-corrected chi connectivity index (χ4v) is 2.65. The van der Waals surface area contributed by atoms with Crippen LogP contribution >= 0.6 is 11.3 Å². The SMILES string of the molecule is CCNCCNC(=O)Cc1csc(-c2cccc(F)c2)n1. The second-order valence-electron chi connectivity index (χ2n) is 4.53. The Kier molecular flexibility index (Phi) is 5.83. The molecule has 0 fully saturated rings. The van der Waals surface area contributed by atoms with E-state index >= 15 is 0 Å². The minimum Gasteiger partial charge on any atom is -0.354 e. The van der Waals surface area contributed by atoms with Gasteiger partial charge in [-0.2, -0.15) is 0 Å². The highest BCUT2D eigenvalue weighted by molar-refractivity contribution is 7.13. The first kappa shape index (κ1) is 15.6. The second-order valence-corrected chi connectivity index (χ2v) is 5.39. The Labute approximate surface area is 127 Å². The molecule has 1 aromatic carbocycles. The van der Waals surface area contributed by atoms with Crippen LogP contribution in [0.25, 0.3) is 10.6 Å². The summed E-state index contributed by atoms with van der Waals surface area (Å²) in [6.07, 6.45) is 0.248. The number of hydrogen-bond acceptors (Lipinski definition) is 4. The molecular weight excluding hydrogens is 289 g/mol. The van der Waals surface area contributed by atoms with Gasteiger partial charge in [0, 0.05) is 24.0 Å². The number of rotatable bonds is 7. The number of likely N-dealkylation sites (N-methyl/N-ethyl adjacent to an activating group) is 1. The van der Waals surface area contributed by atoms with Gasteiger partial charge in [0.15, 0.2) is 0 Å². The topological polar surface area (TPSA) is 54.0 Å². The first-order valence-corrected chi connectivity index (χ1v) is 7.74. The van der Waals surface area contributed by atoms with Gasteiger partial charge in [0.1, 0.15) is 10.8 Å². The van der Waals surface area contributed by atoms with E-state index in [4.69, 9.17) is 0 Å². The Bertz CT molecular complexity index is 600. The van der Waals surface area contributed by atoms with E-state index in [9.17, 15) is 9.18 Å². The summed E-state index contributed by atoms with van der Waals surface area (Å²) in [5.74, 6) is -0.339. The molecule has 1 heterocycles. The van der Waals surface area contributed by atoms with Crippen LogP contribution in [0.15, 0.2) is 29.6 Å². The predicted molar refractivity (Wildman–Crippen MR) is 82.8 cm³/mol. The molecule has 4 nitrogen and oxygen atoms in total. The molecule has 0 saturated heterocycles. The molecule has 112 valence electrons. The molecule has 0 aliphatic carbocycles. The number of aromatic nitrogens is 1. The molecule has 1 aromatic heterocycles. The highest BCUT2D eigenvalue weighted by atomic mass is 32.1. The maximum atomic E-state index is 13.2. The highest BCUT2D eigenvalue weighted by Crippen LogP contribution is 2.24. The van der Waals surface area contributed by atoms with Crippen molar-refractivity contribution in [3.63, 3.8) is 0 Å². The normalized spacial score (nSPS) is 10.6. The van der Waals surface area contributed by atoms with Crippen molar-refractivity contribution < 1.29 is 9.18 Å². The van der Waals surface area contributed by atoms with E-state index in [0.29, 0.717) is 12.2 Å². The van der Waals surface area contributed by atoms with Gasteiger partial charge in [-0.1, -0.05) is 19.1 Å². The van der Waals surface area contributed by atoms with Gasteiger partial charge < -0.3 is 10.6 Å². The van der Waals surface area contributed by atoms with Gasteiger partial charge in [-0.25, -0.2) is 9.37 Å². The van der Waals surface area contributed by atoms with Crippen LogP contribution in [0.5, 0.6) is 0 Å². The molecule has 1 amide bonds. The number of nitrogens with one attached hydrogen (secondary N) is 2. The quantitative estimate of drug-likeness (QED) is 0.771. The van der Waals surface area contributed by atoms with E-state index in [1.54, 1.807) is 6.07 Å². The van der Waals surface area contributed by atoms with Gasteiger partial charge in [-0.15, -0.1) is 11.3 Å². The van der Waals surface area contributed by atoms with Crippen LogP contribution in [-0.4, -0.2) is 30.5 Å².